The zero-order chi connectivity index (χ0) is 19.2. The standard InChI is InChI=1S/C21H25ClN2O3/c1-24(2)17(11-15-7-4-3-5-8-15)14-23-21(25)16-12-18(22)20-19(13-16)26-9-6-10-27-20/h3-5,7-8,12-13,17H,6,9-11,14H2,1-2H3,(H,23,25)/t17-/m1/s1. The molecule has 1 amide bonds. The Kier molecular flexibility index (Phi) is 6.58. The second-order valence-electron chi connectivity index (χ2n) is 6.85. The van der Waals surface area contributed by atoms with E-state index in [2.05, 4.69) is 22.3 Å². The van der Waals surface area contributed by atoms with Crippen LogP contribution in [0.4, 0.5) is 0 Å². The van der Waals surface area contributed by atoms with Crippen LogP contribution < -0.4 is 14.8 Å². The van der Waals surface area contributed by atoms with Crippen LogP contribution in [0.15, 0.2) is 42.5 Å². The van der Waals surface area contributed by atoms with Gasteiger partial charge in [-0.2, -0.15) is 0 Å². The molecule has 1 atom stereocenters. The Morgan fingerprint density at radius 2 is 1.93 bits per heavy atom. The van der Waals surface area contributed by atoms with E-state index < -0.39 is 0 Å². The molecular weight excluding hydrogens is 364 g/mol. The summed E-state index contributed by atoms with van der Waals surface area (Å²) < 4.78 is 11.3. The molecular formula is C21H25ClN2O3. The molecule has 1 aliphatic rings. The summed E-state index contributed by atoms with van der Waals surface area (Å²) in [5, 5.41) is 3.41. The second kappa shape index (κ2) is 9.11. The van der Waals surface area contributed by atoms with Gasteiger partial charge in [-0.05, 0) is 38.2 Å². The van der Waals surface area contributed by atoms with Crippen molar-refractivity contribution in [3.8, 4) is 11.5 Å². The minimum Gasteiger partial charge on any atom is -0.489 e. The minimum atomic E-state index is -0.174. The Balaban J connectivity index is 1.67. The molecule has 0 saturated carbocycles. The van der Waals surface area contributed by atoms with E-state index in [1.165, 1.54) is 5.56 Å². The number of carbonyl (C=O) groups is 1. The summed E-state index contributed by atoms with van der Waals surface area (Å²) in [6, 6.07) is 13.8. The molecule has 6 heteroatoms. The molecule has 0 unspecified atom stereocenters. The molecule has 0 bridgehead atoms. The van der Waals surface area contributed by atoms with Crippen LogP contribution in [0, 0.1) is 0 Å². The van der Waals surface area contributed by atoms with Crippen LogP contribution in [0.2, 0.25) is 5.02 Å². The van der Waals surface area contributed by atoms with Crippen molar-refractivity contribution in [2.45, 2.75) is 18.9 Å². The third kappa shape index (κ3) is 5.15. The third-order valence-corrected chi connectivity index (χ3v) is 4.89. The predicted molar refractivity (Wildman–Crippen MR) is 107 cm³/mol. The van der Waals surface area contributed by atoms with E-state index >= 15 is 0 Å². The van der Waals surface area contributed by atoms with Crippen LogP contribution in [-0.2, 0) is 6.42 Å². The molecule has 0 saturated heterocycles. The quantitative estimate of drug-likeness (QED) is 0.824. The number of hydrogen-bond donors (Lipinski definition) is 1. The van der Waals surface area contributed by atoms with Gasteiger partial charge in [0.25, 0.3) is 5.91 Å². The first-order valence-electron chi connectivity index (χ1n) is 9.12. The van der Waals surface area contributed by atoms with E-state index in [-0.39, 0.29) is 11.9 Å². The number of hydrogen-bond acceptors (Lipinski definition) is 4. The molecule has 144 valence electrons. The smallest absolute Gasteiger partial charge is 0.251 e. The van der Waals surface area contributed by atoms with Crippen LogP contribution in [0.25, 0.3) is 0 Å². The lowest BCUT2D eigenvalue weighted by molar-refractivity contribution is 0.0941. The summed E-state index contributed by atoms with van der Waals surface area (Å²) in [7, 11) is 4.04. The maximum absolute atomic E-state index is 12.7. The highest BCUT2D eigenvalue weighted by Gasteiger charge is 2.20. The Morgan fingerprint density at radius 3 is 2.67 bits per heavy atom. The van der Waals surface area contributed by atoms with E-state index in [0.717, 1.165) is 12.8 Å². The SMILES string of the molecule is CN(C)[C@@H](CNC(=O)c1cc(Cl)c2c(c1)OCCCO2)Cc1ccccc1. The lowest BCUT2D eigenvalue weighted by Gasteiger charge is -2.25. The van der Waals surface area contributed by atoms with E-state index in [9.17, 15) is 4.79 Å². The molecule has 0 aromatic heterocycles. The van der Waals surface area contributed by atoms with E-state index in [1.54, 1.807) is 12.1 Å². The van der Waals surface area contributed by atoms with Gasteiger partial charge in [-0.3, -0.25) is 4.79 Å². The average Bonchev–Trinajstić information content (AvgIpc) is 2.91. The van der Waals surface area contributed by atoms with Gasteiger partial charge in [0.1, 0.15) is 0 Å². The lowest BCUT2D eigenvalue weighted by Crippen LogP contribution is -2.41. The van der Waals surface area contributed by atoms with Gasteiger partial charge in [0.2, 0.25) is 0 Å². The number of benzene rings is 2. The minimum absolute atomic E-state index is 0.174. The monoisotopic (exact) mass is 388 g/mol. The largest absolute Gasteiger partial charge is 0.489 e. The van der Waals surface area contributed by atoms with Gasteiger partial charge in [0.05, 0.1) is 18.2 Å². The maximum atomic E-state index is 12.7. The van der Waals surface area contributed by atoms with Crippen LogP contribution in [0.3, 0.4) is 0 Å². The fourth-order valence-electron chi connectivity index (χ4n) is 3.00. The van der Waals surface area contributed by atoms with E-state index in [4.69, 9.17) is 21.1 Å². The van der Waals surface area contributed by atoms with Crippen molar-refractivity contribution < 1.29 is 14.3 Å². The molecule has 2 aromatic carbocycles. The number of nitrogens with one attached hydrogen (secondary N) is 1. The zero-order valence-corrected chi connectivity index (χ0v) is 16.5. The van der Waals surface area contributed by atoms with Gasteiger partial charge < -0.3 is 19.7 Å². The molecule has 1 N–H and O–H groups in total. The Labute approximate surface area is 165 Å². The van der Waals surface area contributed by atoms with Crippen molar-refractivity contribution in [3.63, 3.8) is 0 Å². The van der Waals surface area contributed by atoms with Crippen molar-refractivity contribution in [2.75, 3.05) is 33.9 Å². The number of likely N-dealkylation sites (N-methyl/N-ethyl adjacent to an activating group) is 1. The number of rotatable bonds is 6. The van der Waals surface area contributed by atoms with Crippen molar-refractivity contribution in [2.24, 2.45) is 0 Å². The first-order valence-corrected chi connectivity index (χ1v) is 9.50. The molecule has 3 rings (SSSR count). The van der Waals surface area contributed by atoms with Crippen molar-refractivity contribution >= 4 is 17.5 Å². The summed E-state index contributed by atoms with van der Waals surface area (Å²) in [6.07, 6.45) is 1.65. The number of fused-ring (bicyclic) bond motifs is 1. The predicted octanol–water partition coefficient (Wildman–Crippen LogP) is 3.40. The third-order valence-electron chi connectivity index (χ3n) is 4.61. The topological polar surface area (TPSA) is 50.8 Å². The molecule has 2 aromatic rings. The number of halogens is 1. The van der Waals surface area contributed by atoms with Gasteiger partial charge in [-0.1, -0.05) is 41.9 Å². The summed E-state index contributed by atoms with van der Waals surface area (Å²) in [4.78, 5) is 14.8. The molecule has 5 nitrogen and oxygen atoms in total. The van der Waals surface area contributed by atoms with Gasteiger partial charge in [0.15, 0.2) is 11.5 Å². The van der Waals surface area contributed by atoms with Crippen molar-refractivity contribution in [1.29, 1.82) is 0 Å². The lowest BCUT2D eigenvalue weighted by atomic mass is 10.0. The normalized spacial score (nSPS) is 14.5. The summed E-state index contributed by atoms with van der Waals surface area (Å²) in [5.41, 5.74) is 1.71. The zero-order valence-electron chi connectivity index (χ0n) is 15.7. The van der Waals surface area contributed by atoms with Gasteiger partial charge in [0, 0.05) is 24.6 Å². The first kappa shape index (κ1) is 19.5. The fourth-order valence-corrected chi connectivity index (χ4v) is 3.26. The van der Waals surface area contributed by atoms with Crippen molar-refractivity contribution in [1.82, 2.24) is 10.2 Å². The van der Waals surface area contributed by atoms with E-state index in [1.807, 2.05) is 32.3 Å². The number of amides is 1. The van der Waals surface area contributed by atoms with Crippen LogP contribution in [0.1, 0.15) is 22.3 Å². The molecule has 27 heavy (non-hydrogen) atoms. The highest BCUT2D eigenvalue weighted by Crippen LogP contribution is 2.37. The number of ether oxygens (including phenoxy) is 2. The molecule has 1 heterocycles. The van der Waals surface area contributed by atoms with Crippen LogP contribution in [0.5, 0.6) is 11.5 Å². The first-order chi connectivity index (χ1) is 13.0. The molecule has 0 radical (unpaired) electrons. The van der Waals surface area contributed by atoms with Crippen LogP contribution >= 0.6 is 11.6 Å². The summed E-state index contributed by atoms with van der Waals surface area (Å²) in [6.45, 7) is 1.64. The molecule has 0 fully saturated rings. The van der Waals surface area contributed by atoms with Crippen LogP contribution in [-0.4, -0.2) is 50.7 Å². The number of nitrogens with zero attached hydrogens (tertiary/aromatic N) is 1. The summed E-state index contributed by atoms with van der Waals surface area (Å²) >= 11 is 6.29. The maximum Gasteiger partial charge on any atom is 0.251 e. The number of carbonyl (C=O) groups excluding carboxylic acids is 1. The highest BCUT2D eigenvalue weighted by atomic mass is 35.5. The Morgan fingerprint density at radius 1 is 1.19 bits per heavy atom. The molecule has 0 spiro atoms. The summed E-state index contributed by atoms with van der Waals surface area (Å²) in [5.74, 6) is 0.868. The highest BCUT2D eigenvalue weighted by molar-refractivity contribution is 6.32. The second-order valence-corrected chi connectivity index (χ2v) is 7.26. The Bertz CT molecular complexity index is 780. The van der Waals surface area contributed by atoms with Gasteiger partial charge in [-0.15, -0.1) is 0 Å². The van der Waals surface area contributed by atoms with Gasteiger partial charge >= 0.3 is 0 Å². The fraction of sp³-hybridized carbons (Fsp3) is 0.381. The molecule has 1 aliphatic heterocycles. The average molecular weight is 389 g/mol. The van der Waals surface area contributed by atoms with Gasteiger partial charge in [-0.25, -0.2) is 0 Å². The van der Waals surface area contributed by atoms with E-state index in [0.29, 0.717) is 41.8 Å². The Hall–Kier alpha value is -2.24. The van der Waals surface area contributed by atoms with Crippen molar-refractivity contribution in [3.05, 3.63) is 58.6 Å². The molecule has 0 aliphatic carbocycles.